The Balaban J connectivity index is 1.87. The van der Waals surface area contributed by atoms with Crippen molar-refractivity contribution in [2.75, 3.05) is 6.26 Å². The first-order valence-electron chi connectivity index (χ1n) is 5.09. The molecule has 1 heteroatoms. The number of hydrogen-bond acceptors (Lipinski definition) is 1. The molecule has 0 radical (unpaired) electrons. The van der Waals surface area contributed by atoms with Crippen LogP contribution in [-0.2, 0) is 0 Å². The summed E-state index contributed by atoms with van der Waals surface area (Å²) in [5, 5.41) is 0.999. The second-order valence-electron chi connectivity index (χ2n) is 4.57. The molecule has 0 N–H and O–H groups in total. The molecule has 0 aromatic carbocycles. The van der Waals surface area contributed by atoms with Gasteiger partial charge in [-0.3, -0.25) is 0 Å². The molecule has 0 saturated heterocycles. The standard InChI is InChI=1S/C11H16S/c1-12-11-6-7-5-10(11)9-4-2-3-8(7)9/h2,4,7-11H,3,5-6H2,1H3. The first-order chi connectivity index (χ1) is 5.90. The summed E-state index contributed by atoms with van der Waals surface area (Å²) in [4.78, 5) is 0. The minimum absolute atomic E-state index is 0.987. The minimum Gasteiger partial charge on any atom is -0.162 e. The van der Waals surface area contributed by atoms with Crippen LogP contribution in [0.2, 0.25) is 0 Å². The van der Waals surface area contributed by atoms with Crippen LogP contribution in [0, 0.1) is 23.7 Å². The Hall–Kier alpha value is 0.0900. The van der Waals surface area contributed by atoms with E-state index in [4.69, 9.17) is 0 Å². The molecule has 5 atom stereocenters. The molecule has 66 valence electrons. The van der Waals surface area contributed by atoms with Gasteiger partial charge in [-0.2, -0.15) is 11.8 Å². The third-order valence-corrected chi connectivity index (χ3v) is 5.40. The Morgan fingerprint density at radius 3 is 3.00 bits per heavy atom. The Bertz CT molecular complexity index is 221. The smallest absolute Gasteiger partial charge is 0.00811 e. The van der Waals surface area contributed by atoms with Gasteiger partial charge in [0.25, 0.3) is 0 Å². The van der Waals surface area contributed by atoms with Crippen molar-refractivity contribution in [3.8, 4) is 0 Å². The molecule has 2 saturated carbocycles. The maximum absolute atomic E-state index is 2.51. The highest BCUT2D eigenvalue weighted by Gasteiger charge is 2.51. The van der Waals surface area contributed by atoms with Gasteiger partial charge in [0.05, 0.1) is 0 Å². The van der Waals surface area contributed by atoms with Crippen molar-refractivity contribution in [2.24, 2.45) is 23.7 Å². The molecule has 2 bridgehead atoms. The lowest BCUT2D eigenvalue weighted by molar-refractivity contribution is 0.292. The van der Waals surface area contributed by atoms with Crippen LogP contribution in [-0.4, -0.2) is 11.5 Å². The summed E-state index contributed by atoms with van der Waals surface area (Å²) in [6.07, 6.45) is 11.7. The van der Waals surface area contributed by atoms with Crippen molar-refractivity contribution in [1.82, 2.24) is 0 Å². The number of fused-ring (bicyclic) bond motifs is 5. The van der Waals surface area contributed by atoms with E-state index < -0.39 is 0 Å². The molecule has 0 heterocycles. The molecular formula is C11H16S. The average molecular weight is 180 g/mol. The lowest BCUT2D eigenvalue weighted by atomic mass is 9.81. The molecule has 0 amide bonds. The highest BCUT2D eigenvalue weighted by molar-refractivity contribution is 7.99. The van der Waals surface area contributed by atoms with Crippen molar-refractivity contribution in [1.29, 1.82) is 0 Å². The number of thioether (sulfide) groups is 1. The zero-order chi connectivity index (χ0) is 8.13. The first-order valence-corrected chi connectivity index (χ1v) is 6.38. The second-order valence-corrected chi connectivity index (χ2v) is 5.65. The van der Waals surface area contributed by atoms with Gasteiger partial charge in [0.2, 0.25) is 0 Å². The monoisotopic (exact) mass is 180 g/mol. The molecule has 3 aliphatic carbocycles. The Kier molecular flexibility index (Phi) is 1.58. The lowest BCUT2D eigenvalue weighted by Crippen LogP contribution is -2.25. The molecule has 0 nitrogen and oxygen atoms in total. The molecule has 0 aromatic heterocycles. The van der Waals surface area contributed by atoms with Crippen molar-refractivity contribution in [3.63, 3.8) is 0 Å². The average Bonchev–Trinajstić information content (AvgIpc) is 2.75. The zero-order valence-electron chi connectivity index (χ0n) is 7.57. The van der Waals surface area contributed by atoms with Crippen LogP contribution < -0.4 is 0 Å². The molecule has 5 unspecified atom stereocenters. The number of hydrogen-bond donors (Lipinski definition) is 0. The van der Waals surface area contributed by atoms with Crippen molar-refractivity contribution in [3.05, 3.63) is 12.2 Å². The zero-order valence-corrected chi connectivity index (χ0v) is 8.39. The summed E-state index contributed by atoms with van der Waals surface area (Å²) >= 11 is 2.11. The first kappa shape index (κ1) is 7.49. The quantitative estimate of drug-likeness (QED) is 0.559. The van der Waals surface area contributed by atoms with Gasteiger partial charge in [0.1, 0.15) is 0 Å². The van der Waals surface area contributed by atoms with Gasteiger partial charge < -0.3 is 0 Å². The van der Waals surface area contributed by atoms with Crippen LogP contribution >= 0.6 is 11.8 Å². The molecule has 2 fully saturated rings. The van der Waals surface area contributed by atoms with E-state index in [0.717, 1.165) is 28.9 Å². The van der Waals surface area contributed by atoms with Gasteiger partial charge >= 0.3 is 0 Å². The van der Waals surface area contributed by atoms with Crippen LogP contribution in [0.1, 0.15) is 19.3 Å². The fraction of sp³-hybridized carbons (Fsp3) is 0.818. The van der Waals surface area contributed by atoms with E-state index in [2.05, 4.69) is 30.2 Å². The van der Waals surface area contributed by atoms with E-state index >= 15 is 0 Å². The SMILES string of the molecule is CSC1CC2CC1C1C=CCC21. The highest BCUT2D eigenvalue weighted by atomic mass is 32.2. The summed E-state index contributed by atoms with van der Waals surface area (Å²) in [6, 6.07) is 0. The summed E-state index contributed by atoms with van der Waals surface area (Å²) in [6.45, 7) is 0. The highest BCUT2D eigenvalue weighted by Crippen LogP contribution is 2.58. The Morgan fingerprint density at radius 1 is 1.25 bits per heavy atom. The maximum Gasteiger partial charge on any atom is 0.00811 e. The van der Waals surface area contributed by atoms with Crippen molar-refractivity contribution in [2.45, 2.75) is 24.5 Å². The van der Waals surface area contributed by atoms with Crippen LogP contribution in [0.3, 0.4) is 0 Å². The number of allylic oxidation sites excluding steroid dienone is 2. The molecule has 3 rings (SSSR count). The normalized spacial score (nSPS) is 54.9. The van der Waals surface area contributed by atoms with E-state index in [-0.39, 0.29) is 0 Å². The number of rotatable bonds is 1. The van der Waals surface area contributed by atoms with Gasteiger partial charge in [-0.15, -0.1) is 0 Å². The summed E-state index contributed by atoms with van der Waals surface area (Å²) in [5.41, 5.74) is 0. The van der Waals surface area contributed by atoms with Crippen LogP contribution in [0.25, 0.3) is 0 Å². The van der Waals surface area contributed by atoms with Crippen molar-refractivity contribution >= 4 is 11.8 Å². The third kappa shape index (κ3) is 0.810. The molecule has 3 aliphatic rings. The topological polar surface area (TPSA) is 0 Å². The minimum atomic E-state index is 0.987. The van der Waals surface area contributed by atoms with Crippen LogP contribution in [0.5, 0.6) is 0 Å². The van der Waals surface area contributed by atoms with E-state index in [0.29, 0.717) is 0 Å². The lowest BCUT2D eigenvalue weighted by Gasteiger charge is -2.29. The van der Waals surface area contributed by atoms with E-state index in [1.54, 1.807) is 6.42 Å². The van der Waals surface area contributed by atoms with Gasteiger partial charge in [-0.25, -0.2) is 0 Å². The van der Waals surface area contributed by atoms with Gasteiger partial charge in [0, 0.05) is 5.25 Å². The Morgan fingerprint density at radius 2 is 2.17 bits per heavy atom. The fourth-order valence-corrected chi connectivity index (χ4v) is 4.84. The molecule has 0 aliphatic heterocycles. The van der Waals surface area contributed by atoms with Crippen LogP contribution in [0.4, 0.5) is 0 Å². The molecule has 0 aromatic rings. The largest absolute Gasteiger partial charge is 0.162 e. The van der Waals surface area contributed by atoms with E-state index in [1.807, 2.05) is 0 Å². The van der Waals surface area contributed by atoms with Crippen LogP contribution in [0.15, 0.2) is 12.2 Å². The third-order valence-electron chi connectivity index (χ3n) is 4.25. The van der Waals surface area contributed by atoms with E-state index in [1.165, 1.54) is 12.8 Å². The fourth-order valence-electron chi connectivity index (χ4n) is 3.76. The van der Waals surface area contributed by atoms with Crippen molar-refractivity contribution < 1.29 is 0 Å². The summed E-state index contributed by atoms with van der Waals surface area (Å²) < 4.78 is 0. The predicted octanol–water partition coefficient (Wildman–Crippen LogP) is 2.95. The van der Waals surface area contributed by atoms with Gasteiger partial charge in [0.15, 0.2) is 0 Å². The summed E-state index contributed by atoms with van der Waals surface area (Å²) in [5.74, 6) is 4.20. The van der Waals surface area contributed by atoms with Gasteiger partial charge in [-0.05, 0) is 49.2 Å². The Labute approximate surface area is 78.8 Å². The molecule has 12 heavy (non-hydrogen) atoms. The predicted molar refractivity (Wildman–Crippen MR) is 54.3 cm³/mol. The maximum atomic E-state index is 2.51. The molecule has 0 spiro atoms. The second kappa shape index (κ2) is 2.54. The molecular weight excluding hydrogens is 164 g/mol. The van der Waals surface area contributed by atoms with Gasteiger partial charge in [-0.1, -0.05) is 12.2 Å². The summed E-state index contributed by atoms with van der Waals surface area (Å²) in [7, 11) is 0. The van der Waals surface area contributed by atoms with E-state index in [9.17, 15) is 0 Å².